The number of rotatable bonds is 8. The van der Waals surface area contributed by atoms with Crippen LogP contribution in [0.1, 0.15) is 22.3 Å². The summed E-state index contributed by atoms with van der Waals surface area (Å²) in [5.41, 5.74) is 0.883. The van der Waals surface area contributed by atoms with E-state index in [0.717, 1.165) is 0 Å². The van der Waals surface area contributed by atoms with Crippen LogP contribution in [0.3, 0.4) is 0 Å². The zero-order valence-electron chi connectivity index (χ0n) is 13.6. The van der Waals surface area contributed by atoms with Crippen molar-refractivity contribution in [2.45, 2.75) is 6.42 Å². The fourth-order valence-electron chi connectivity index (χ4n) is 2.37. The molecule has 0 radical (unpaired) electrons. The van der Waals surface area contributed by atoms with Crippen LogP contribution in [0.15, 0.2) is 54.6 Å². The van der Waals surface area contributed by atoms with Crippen molar-refractivity contribution in [2.24, 2.45) is 5.92 Å². The Morgan fingerprint density at radius 2 is 1.81 bits per heavy atom. The highest BCUT2D eigenvalue weighted by atomic mass is 35.5. The van der Waals surface area contributed by atoms with Crippen molar-refractivity contribution in [2.75, 3.05) is 6.54 Å². The summed E-state index contributed by atoms with van der Waals surface area (Å²) in [7, 11) is 0. The SMILES string of the molecule is O=C(C[C@@H](/C=C/c1cccc([N+](=O)[O-])c1)C[N+](=O)[O-])c1ccc(Cl)cc1. The highest BCUT2D eigenvalue weighted by Gasteiger charge is 2.18. The fourth-order valence-corrected chi connectivity index (χ4v) is 2.49. The maximum Gasteiger partial charge on any atom is 0.270 e. The second-order valence-corrected chi connectivity index (χ2v) is 6.06. The summed E-state index contributed by atoms with van der Waals surface area (Å²) in [6.07, 6.45) is 3.04. The number of carbonyl (C=O) groups excluding carboxylic acids is 1. The molecule has 2 aromatic carbocycles. The van der Waals surface area contributed by atoms with Crippen molar-refractivity contribution < 1.29 is 14.6 Å². The number of nitro groups is 2. The third kappa shape index (κ3) is 5.78. The first-order chi connectivity index (χ1) is 12.3. The first kappa shape index (κ1) is 19.3. The Hall–Kier alpha value is -3.06. The number of non-ortho nitro benzene ring substituents is 1. The minimum atomic E-state index is -0.632. The molecule has 2 aromatic rings. The Morgan fingerprint density at radius 3 is 2.42 bits per heavy atom. The van der Waals surface area contributed by atoms with Gasteiger partial charge in [0.25, 0.3) is 5.69 Å². The van der Waals surface area contributed by atoms with E-state index in [-0.39, 0.29) is 17.9 Å². The Balaban J connectivity index is 2.15. The number of ketones is 1. The van der Waals surface area contributed by atoms with Crippen molar-refractivity contribution in [1.29, 1.82) is 0 Å². The van der Waals surface area contributed by atoms with Gasteiger partial charge in [-0.3, -0.25) is 25.0 Å². The summed E-state index contributed by atoms with van der Waals surface area (Å²) in [5.74, 6) is -0.871. The largest absolute Gasteiger partial charge is 0.294 e. The zero-order valence-corrected chi connectivity index (χ0v) is 14.3. The van der Waals surface area contributed by atoms with Gasteiger partial charge in [0.1, 0.15) is 0 Å². The Labute approximate surface area is 154 Å². The highest BCUT2D eigenvalue weighted by Crippen LogP contribution is 2.18. The van der Waals surface area contributed by atoms with Gasteiger partial charge < -0.3 is 0 Å². The summed E-state index contributed by atoms with van der Waals surface area (Å²) in [4.78, 5) is 33.0. The monoisotopic (exact) mass is 374 g/mol. The lowest BCUT2D eigenvalue weighted by Gasteiger charge is -2.08. The molecule has 0 saturated carbocycles. The van der Waals surface area contributed by atoms with Gasteiger partial charge >= 0.3 is 0 Å². The lowest BCUT2D eigenvalue weighted by atomic mass is 9.97. The molecule has 0 fully saturated rings. The predicted molar refractivity (Wildman–Crippen MR) is 97.9 cm³/mol. The highest BCUT2D eigenvalue weighted by molar-refractivity contribution is 6.30. The quantitative estimate of drug-likeness (QED) is 0.386. The van der Waals surface area contributed by atoms with E-state index in [1.165, 1.54) is 24.3 Å². The first-order valence-corrected chi connectivity index (χ1v) is 8.06. The van der Waals surface area contributed by atoms with E-state index in [0.29, 0.717) is 16.1 Å². The van der Waals surface area contributed by atoms with Crippen LogP contribution in [0.4, 0.5) is 5.69 Å². The molecular weight excluding hydrogens is 360 g/mol. The van der Waals surface area contributed by atoms with E-state index in [4.69, 9.17) is 11.6 Å². The van der Waals surface area contributed by atoms with Crippen LogP contribution in [0.5, 0.6) is 0 Å². The minimum absolute atomic E-state index is 0.0476. The molecule has 0 aliphatic heterocycles. The van der Waals surface area contributed by atoms with Crippen LogP contribution < -0.4 is 0 Å². The molecular formula is C18H15ClN2O5. The van der Waals surface area contributed by atoms with Gasteiger partial charge in [-0.1, -0.05) is 35.9 Å². The second-order valence-electron chi connectivity index (χ2n) is 5.62. The molecule has 0 bridgehead atoms. The summed E-state index contributed by atoms with van der Waals surface area (Å²) in [5, 5.41) is 22.2. The number of nitrogens with zero attached hydrogens (tertiary/aromatic N) is 2. The summed E-state index contributed by atoms with van der Waals surface area (Å²) < 4.78 is 0. The van der Waals surface area contributed by atoms with E-state index >= 15 is 0 Å². The molecule has 26 heavy (non-hydrogen) atoms. The van der Waals surface area contributed by atoms with Gasteiger partial charge in [-0.05, 0) is 29.8 Å². The molecule has 134 valence electrons. The molecule has 7 nitrogen and oxygen atoms in total. The molecule has 0 amide bonds. The van der Waals surface area contributed by atoms with Gasteiger partial charge in [0.05, 0.1) is 4.92 Å². The summed E-state index contributed by atoms with van der Waals surface area (Å²) in [6.45, 7) is -0.412. The van der Waals surface area contributed by atoms with Gasteiger partial charge in [0.15, 0.2) is 5.78 Å². The van der Waals surface area contributed by atoms with Crippen LogP contribution in [0, 0.1) is 26.1 Å². The lowest BCUT2D eigenvalue weighted by molar-refractivity contribution is -0.485. The first-order valence-electron chi connectivity index (χ1n) is 7.68. The van der Waals surface area contributed by atoms with Crippen molar-refractivity contribution in [3.8, 4) is 0 Å². The number of benzene rings is 2. The summed E-state index contributed by atoms with van der Waals surface area (Å²) in [6, 6.07) is 12.2. The van der Waals surface area contributed by atoms with Crippen LogP contribution in [0.2, 0.25) is 5.02 Å². The second kappa shape index (κ2) is 8.87. The van der Waals surface area contributed by atoms with E-state index in [9.17, 15) is 25.0 Å². The smallest absolute Gasteiger partial charge is 0.270 e. The van der Waals surface area contributed by atoms with Gasteiger partial charge in [-0.15, -0.1) is 0 Å². The number of carbonyl (C=O) groups is 1. The predicted octanol–water partition coefficient (Wildman–Crippen LogP) is 4.43. The zero-order chi connectivity index (χ0) is 19.1. The van der Waals surface area contributed by atoms with Crippen molar-refractivity contribution in [3.63, 3.8) is 0 Å². The fraction of sp³-hybridized carbons (Fsp3) is 0.167. The van der Waals surface area contributed by atoms with E-state index in [2.05, 4.69) is 0 Å². The van der Waals surface area contributed by atoms with Crippen LogP contribution in [-0.4, -0.2) is 22.2 Å². The standard InChI is InChI=1S/C18H15ClN2O5/c19-16-8-6-15(7-9-16)18(22)11-14(12-20(23)24)5-4-13-2-1-3-17(10-13)21(25)26/h1-10,14H,11-12H2/b5-4+/t14-/m1/s1. The summed E-state index contributed by atoms with van der Waals surface area (Å²) >= 11 is 5.78. The average molecular weight is 375 g/mol. The van der Waals surface area contributed by atoms with Gasteiger partial charge in [0, 0.05) is 40.0 Å². The number of halogens is 1. The van der Waals surface area contributed by atoms with Crippen LogP contribution in [0.25, 0.3) is 6.08 Å². The van der Waals surface area contributed by atoms with Gasteiger partial charge in [0.2, 0.25) is 6.54 Å². The van der Waals surface area contributed by atoms with Crippen LogP contribution >= 0.6 is 11.6 Å². The van der Waals surface area contributed by atoms with E-state index in [1.54, 1.807) is 36.4 Å². The van der Waals surface area contributed by atoms with Crippen molar-refractivity contribution in [3.05, 3.63) is 91.0 Å². The maximum atomic E-state index is 12.3. The molecule has 8 heteroatoms. The third-order valence-electron chi connectivity index (χ3n) is 3.64. The Morgan fingerprint density at radius 1 is 1.12 bits per heavy atom. The molecule has 0 aromatic heterocycles. The minimum Gasteiger partial charge on any atom is -0.294 e. The van der Waals surface area contributed by atoms with Gasteiger partial charge in [-0.25, -0.2) is 0 Å². The molecule has 1 atom stereocenters. The molecule has 0 saturated heterocycles. The number of hydrogen-bond donors (Lipinski definition) is 0. The molecule has 0 N–H and O–H groups in total. The van der Waals surface area contributed by atoms with Crippen LogP contribution in [-0.2, 0) is 0 Å². The average Bonchev–Trinajstić information content (AvgIpc) is 2.60. The Kier molecular flexibility index (Phi) is 6.57. The molecule has 0 aliphatic carbocycles. The lowest BCUT2D eigenvalue weighted by Crippen LogP contribution is -2.16. The number of nitro benzene ring substituents is 1. The van der Waals surface area contributed by atoms with E-state index < -0.39 is 22.3 Å². The maximum absolute atomic E-state index is 12.3. The molecule has 0 aliphatic rings. The number of Topliss-reactive ketones (excluding diaryl/α,β-unsaturated/α-hetero) is 1. The molecule has 0 heterocycles. The van der Waals surface area contributed by atoms with Crippen molar-refractivity contribution in [1.82, 2.24) is 0 Å². The van der Waals surface area contributed by atoms with Gasteiger partial charge in [-0.2, -0.15) is 0 Å². The number of hydrogen-bond acceptors (Lipinski definition) is 5. The molecule has 2 rings (SSSR count). The molecule has 0 unspecified atom stereocenters. The Bertz CT molecular complexity index is 849. The van der Waals surface area contributed by atoms with E-state index in [1.807, 2.05) is 0 Å². The third-order valence-corrected chi connectivity index (χ3v) is 3.89. The van der Waals surface area contributed by atoms with Crippen molar-refractivity contribution >= 4 is 29.1 Å². The molecule has 0 spiro atoms. The topological polar surface area (TPSA) is 103 Å². The normalized spacial score (nSPS) is 12.0.